The van der Waals surface area contributed by atoms with E-state index in [1.165, 1.54) is 25.7 Å². The van der Waals surface area contributed by atoms with Crippen LogP contribution in [0.3, 0.4) is 0 Å². The van der Waals surface area contributed by atoms with Gasteiger partial charge in [0.05, 0.1) is 5.75 Å². The smallest absolute Gasteiger partial charge is 0.251 e. The molecule has 1 aliphatic carbocycles. The summed E-state index contributed by atoms with van der Waals surface area (Å²) in [5.41, 5.74) is 1.29. The summed E-state index contributed by atoms with van der Waals surface area (Å²) in [6.07, 6.45) is 5.27. The standard InChI is InChI=1S/C20H31N3O3S2/c1-22-11-13-23(14-12-22)28(25,26)16-17-6-8-18(9-7-17)20(24)21-10-15-27-19-4-2-3-5-19/h6-9,19H,2-5,10-16H2,1H3,(H,21,24). The predicted octanol–water partition coefficient (Wildman–Crippen LogP) is 2.17. The fourth-order valence-electron chi connectivity index (χ4n) is 3.67. The predicted molar refractivity (Wildman–Crippen MR) is 115 cm³/mol. The molecule has 0 unspecified atom stereocenters. The lowest BCUT2D eigenvalue weighted by atomic mass is 10.1. The van der Waals surface area contributed by atoms with E-state index in [0.29, 0.717) is 30.8 Å². The van der Waals surface area contributed by atoms with Gasteiger partial charge in [-0.05, 0) is 37.6 Å². The number of benzene rings is 1. The number of piperazine rings is 1. The number of carbonyl (C=O) groups excluding carboxylic acids is 1. The number of rotatable bonds is 8. The molecule has 1 N–H and O–H groups in total. The number of hydrogen-bond acceptors (Lipinski definition) is 5. The Hall–Kier alpha value is -1.09. The number of nitrogens with one attached hydrogen (secondary N) is 1. The van der Waals surface area contributed by atoms with Crippen molar-refractivity contribution in [2.45, 2.75) is 36.7 Å². The Labute approximate surface area is 173 Å². The van der Waals surface area contributed by atoms with Crippen LogP contribution in [0, 0.1) is 0 Å². The number of hydrogen-bond donors (Lipinski definition) is 1. The van der Waals surface area contributed by atoms with E-state index in [1.54, 1.807) is 28.6 Å². The maximum Gasteiger partial charge on any atom is 0.251 e. The first-order chi connectivity index (χ1) is 13.4. The van der Waals surface area contributed by atoms with Crippen LogP contribution in [-0.4, -0.2) is 74.3 Å². The van der Waals surface area contributed by atoms with Crippen molar-refractivity contribution in [3.63, 3.8) is 0 Å². The van der Waals surface area contributed by atoms with Crippen molar-refractivity contribution < 1.29 is 13.2 Å². The minimum Gasteiger partial charge on any atom is -0.351 e. The highest BCUT2D eigenvalue weighted by molar-refractivity contribution is 7.99. The van der Waals surface area contributed by atoms with Crippen LogP contribution in [0.2, 0.25) is 0 Å². The normalized spacial score (nSPS) is 19.8. The summed E-state index contributed by atoms with van der Waals surface area (Å²) in [7, 11) is -1.31. The van der Waals surface area contributed by atoms with Gasteiger partial charge in [0.1, 0.15) is 0 Å². The summed E-state index contributed by atoms with van der Waals surface area (Å²) < 4.78 is 26.7. The van der Waals surface area contributed by atoms with Crippen LogP contribution in [0.1, 0.15) is 41.6 Å². The summed E-state index contributed by atoms with van der Waals surface area (Å²) in [6, 6.07) is 6.92. The van der Waals surface area contributed by atoms with E-state index in [2.05, 4.69) is 10.2 Å². The Bertz CT molecular complexity index is 738. The lowest BCUT2D eigenvalue weighted by Gasteiger charge is -2.31. The van der Waals surface area contributed by atoms with E-state index in [9.17, 15) is 13.2 Å². The van der Waals surface area contributed by atoms with Crippen LogP contribution in [0.15, 0.2) is 24.3 Å². The highest BCUT2D eigenvalue weighted by Crippen LogP contribution is 2.28. The summed E-state index contributed by atoms with van der Waals surface area (Å²) in [6.45, 7) is 3.27. The molecule has 1 aliphatic heterocycles. The van der Waals surface area contributed by atoms with Gasteiger partial charge in [-0.25, -0.2) is 8.42 Å². The van der Waals surface area contributed by atoms with E-state index in [-0.39, 0.29) is 11.7 Å². The summed E-state index contributed by atoms with van der Waals surface area (Å²) in [5, 5.41) is 3.72. The highest BCUT2D eigenvalue weighted by atomic mass is 32.2. The van der Waals surface area contributed by atoms with Crippen LogP contribution < -0.4 is 5.32 Å². The monoisotopic (exact) mass is 425 g/mol. The number of carbonyl (C=O) groups is 1. The number of amides is 1. The molecule has 3 rings (SSSR count). The molecule has 0 bridgehead atoms. The van der Waals surface area contributed by atoms with Gasteiger partial charge < -0.3 is 10.2 Å². The van der Waals surface area contributed by atoms with E-state index in [0.717, 1.165) is 24.1 Å². The van der Waals surface area contributed by atoms with Gasteiger partial charge in [-0.15, -0.1) is 0 Å². The molecule has 1 saturated carbocycles. The van der Waals surface area contributed by atoms with E-state index in [4.69, 9.17) is 0 Å². The quantitative estimate of drug-likeness (QED) is 0.647. The maximum atomic E-state index is 12.6. The van der Waals surface area contributed by atoms with Crippen LogP contribution in [0.4, 0.5) is 0 Å². The zero-order chi connectivity index (χ0) is 20.0. The summed E-state index contributed by atoms with van der Waals surface area (Å²) >= 11 is 1.95. The van der Waals surface area contributed by atoms with E-state index >= 15 is 0 Å². The average Bonchev–Trinajstić information content (AvgIpc) is 3.19. The molecule has 1 saturated heterocycles. The second kappa shape index (κ2) is 10.1. The zero-order valence-electron chi connectivity index (χ0n) is 16.6. The molecule has 0 spiro atoms. The molecule has 156 valence electrons. The number of sulfonamides is 1. The van der Waals surface area contributed by atoms with Crippen LogP contribution >= 0.6 is 11.8 Å². The van der Waals surface area contributed by atoms with Crippen molar-refractivity contribution in [1.29, 1.82) is 0 Å². The first kappa shape index (κ1) is 21.6. The molecule has 1 aromatic rings. The van der Waals surface area contributed by atoms with Crippen molar-refractivity contribution in [3.8, 4) is 0 Å². The van der Waals surface area contributed by atoms with Gasteiger partial charge in [0.2, 0.25) is 10.0 Å². The van der Waals surface area contributed by atoms with E-state index < -0.39 is 10.0 Å². The van der Waals surface area contributed by atoms with Gasteiger partial charge in [0.15, 0.2) is 0 Å². The molecule has 8 heteroatoms. The first-order valence-electron chi connectivity index (χ1n) is 10.1. The molecule has 6 nitrogen and oxygen atoms in total. The van der Waals surface area contributed by atoms with Crippen molar-refractivity contribution in [3.05, 3.63) is 35.4 Å². The molecule has 2 fully saturated rings. The van der Waals surface area contributed by atoms with Crippen LogP contribution in [0.25, 0.3) is 0 Å². The molecular formula is C20H31N3O3S2. The lowest BCUT2D eigenvalue weighted by Crippen LogP contribution is -2.47. The lowest BCUT2D eigenvalue weighted by molar-refractivity contribution is 0.0956. The van der Waals surface area contributed by atoms with Crippen molar-refractivity contribution >= 4 is 27.7 Å². The topological polar surface area (TPSA) is 69.7 Å². The second-order valence-electron chi connectivity index (χ2n) is 7.69. The van der Waals surface area contributed by atoms with Crippen LogP contribution in [0.5, 0.6) is 0 Å². The minimum absolute atomic E-state index is 0.0172. The van der Waals surface area contributed by atoms with Crippen molar-refractivity contribution in [2.75, 3.05) is 45.5 Å². The molecule has 2 aliphatic rings. The Morgan fingerprint density at radius 3 is 2.39 bits per heavy atom. The largest absolute Gasteiger partial charge is 0.351 e. The van der Waals surface area contributed by atoms with Gasteiger partial charge in [-0.2, -0.15) is 16.1 Å². The van der Waals surface area contributed by atoms with Gasteiger partial charge in [-0.1, -0.05) is 25.0 Å². The molecule has 0 atom stereocenters. The molecule has 1 amide bonds. The second-order valence-corrected chi connectivity index (χ2v) is 11.1. The summed E-state index contributed by atoms with van der Waals surface area (Å²) in [4.78, 5) is 14.4. The minimum atomic E-state index is -3.32. The third-order valence-corrected chi connectivity index (χ3v) is 8.70. The van der Waals surface area contributed by atoms with Gasteiger partial charge >= 0.3 is 0 Å². The Balaban J connectivity index is 1.45. The number of nitrogens with zero attached hydrogens (tertiary/aromatic N) is 2. The van der Waals surface area contributed by atoms with Gasteiger partial charge in [0, 0.05) is 49.3 Å². The Morgan fingerprint density at radius 2 is 1.75 bits per heavy atom. The maximum absolute atomic E-state index is 12.6. The summed E-state index contributed by atoms with van der Waals surface area (Å²) in [5.74, 6) is 0.828. The highest BCUT2D eigenvalue weighted by Gasteiger charge is 2.25. The Morgan fingerprint density at radius 1 is 1.11 bits per heavy atom. The average molecular weight is 426 g/mol. The molecule has 0 aromatic heterocycles. The van der Waals surface area contributed by atoms with E-state index in [1.807, 2.05) is 18.8 Å². The molecule has 1 heterocycles. The molecular weight excluding hydrogens is 394 g/mol. The van der Waals surface area contributed by atoms with Crippen molar-refractivity contribution in [1.82, 2.24) is 14.5 Å². The SMILES string of the molecule is CN1CCN(S(=O)(=O)Cc2ccc(C(=O)NCCSC3CCCC3)cc2)CC1. The molecule has 1 aromatic carbocycles. The zero-order valence-corrected chi connectivity index (χ0v) is 18.2. The third kappa shape index (κ3) is 6.20. The molecule has 0 radical (unpaired) electrons. The fraction of sp³-hybridized carbons (Fsp3) is 0.650. The van der Waals surface area contributed by atoms with Gasteiger partial charge in [-0.3, -0.25) is 4.79 Å². The Kier molecular flexibility index (Phi) is 7.79. The fourth-order valence-corrected chi connectivity index (χ4v) is 6.40. The van der Waals surface area contributed by atoms with Gasteiger partial charge in [0.25, 0.3) is 5.91 Å². The number of thioether (sulfide) groups is 1. The number of likely N-dealkylation sites (N-methyl/N-ethyl adjacent to an activating group) is 1. The first-order valence-corrected chi connectivity index (χ1v) is 12.7. The third-order valence-electron chi connectivity index (χ3n) is 5.46. The molecule has 28 heavy (non-hydrogen) atoms. The van der Waals surface area contributed by atoms with Crippen molar-refractivity contribution in [2.24, 2.45) is 0 Å². The van der Waals surface area contributed by atoms with Crippen LogP contribution in [-0.2, 0) is 15.8 Å².